The van der Waals surface area contributed by atoms with Gasteiger partial charge in [-0.05, 0) is 29.2 Å². The zero-order valence-electron chi connectivity index (χ0n) is 9.36. The standard InChI is InChI=1S/C15H16O/c1-2-4-15-9-12(7-8-14(15)3-1)5-6-13-10-16-11-13/h1-4,7-9,13H,5-6,10-11H2. The van der Waals surface area contributed by atoms with E-state index in [1.807, 2.05) is 0 Å². The first-order valence-corrected chi connectivity index (χ1v) is 5.97. The van der Waals surface area contributed by atoms with E-state index < -0.39 is 0 Å². The smallest absolute Gasteiger partial charge is 0.0516 e. The van der Waals surface area contributed by atoms with Crippen LogP contribution in [0.4, 0.5) is 0 Å². The van der Waals surface area contributed by atoms with Crippen LogP contribution >= 0.6 is 0 Å². The summed E-state index contributed by atoms with van der Waals surface area (Å²) in [6, 6.07) is 15.3. The van der Waals surface area contributed by atoms with E-state index >= 15 is 0 Å². The Hall–Kier alpha value is -1.34. The Labute approximate surface area is 96.0 Å². The van der Waals surface area contributed by atoms with Crippen LogP contribution < -0.4 is 0 Å². The van der Waals surface area contributed by atoms with Crippen LogP contribution in [0.1, 0.15) is 12.0 Å². The van der Waals surface area contributed by atoms with Gasteiger partial charge in [0.2, 0.25) is 0 Å². The third-order valence-corrected chi connectivity index (χ3v) is 3.36. The van der Waals surface area contributed by atoms with Crippen molar-refractivity contribution in [3.8, 4) is 0 Å². The first-order chi connectivity index (χ1) is 7.92. The molecule has 0 saturated carbocycles. The van der Waals surface area contributed by atoms with Gasteiger partial charge in [0.1, 0.15) is 0 Å². The zero-order valence-corrected chi connectivity index (χ0v) is 9.36. The van der Waals surface area contributed by atoms with E-state index in [4.69, 9.17) is 4.74 Å². The molecule has 1 fully saturated rings. The van der Waals surface area contributed by atoms with Gasteiger partial charge in [-0.2, -0.15) is 0 Å². The summed E-state index contributed by atoms with van der Waals surface area (Å²) in [6.45, 7) is 1.93. The number of rotatable bonds is 3. The molecule has 16 heavy (non-hydrogen) atoms. The Morgan fingerprint density at radius 3 is 2.56 bits per heavy atom. The van der Waals surface area contributed by atoms with E-state index in [1.54, 1.807) is 0 Å². The van der Waals surface area contributed by atoms with Gasteiger partial charge in [-0.3, -0.25) is 0 Å². The lowest BCUT2D eigenvalue weighted by Gasteiger charge is -2.25. The number of aryl methyl sites for hydroxylation is 1. The largest absolute Gasteiger partial charge is 0.381 e. The van der Waals surface area contributed by atoms with Crippen molar-refractivity contribution in [1.29, 1.82) is 0 Å². The number of benzene rings is 2. The van der Waals surface area contributed by atoms with Gasteiger partial charge in [0.15, 0.2) is 0 Å². The third-order valence-electron chi connectivity index (χ3n) is 3.36. The van der Waals surface area contributed by atoms with Crippen molar-refractivity contribution in [1.82, 2.24) is 0 Å². The lowest BCUT2D eigenvalue weighted by molar-refractivity contribution is -0.0352. The van der Waals surface area contributed by atoms with E-state index in [9.17, 15) is 0 Å². The van der Waals surface area contributed by atoms with Gasteiger partial charge in [-0.1, -0.05) is 42.5 Å². The first kappa shape index (κ1) is 9.86. The van der Waals surface area contributed by atoms with E-state index in [-0.39, 0.29) is 0 Å². The van der Waals surface area contributed by atoms with Gasteiger partial charge < -0.3 is 4.74 Å². The quantitative estimate of drug-likeness (QED) is 0.757. The fraction of sp³-hybridized carbons (Fsp3) is 0.333. The van der Waals surface area contributed by atoms with Gasteiger partial charge in [0.25, 0.3) is 0 Å². The van der Waals surface area contributed by atoms with Crippen molar-refractivity contribution in [2.45, 2.75) is 12.8 Å². The molecule has 1 heteroatoms. The van der Waals surface area contributed by atoms with Crippen LogP contribution in [0.25, 0.3) is 10.8 Å². The molecule has 0 aromatic heterocycles. The molecule has 1 nitrogen and oxygen atoms in total. The fourth-order valence-electron chi connectivity index (χ4n) is 2.22. The van der Waals surface area contributed by atoms with E-state index in [1.165, 1.54) is 29.2 Å². The highest BCUT2D eigenvalue weighted by atomic mass is 16.5. The highest BCUT2D eigenvalue weighted by Gasteiger charge is 2.17. The summed E-state index contributed by atoms with van der Waals surface area (Å²) in [4.78, 5) is 0. The van der Waals surface area contributed by atoms with Crippen LogP contribution in [0.2, 0.25) is 0 Å². The molecule has 0 radical (unpaired) electrons. The number of fused-ring (bicyclic) bond motifs is 1. The van der Waals surface area contributed by atoms with Gasteiger partial charge >= 0.3 is 0 Å². The molecule has 0 bridgehead atoms. The van der Waals surface area contributed by atoms with Gasteiger partial charge in [-0.15, -0.1) is 0 Å². The highest BCUT2D eigenvalue weighted by Crippen LogP contribution is 2.20. The Bertz CT molecular complexity index is 486. The minimum Gasteiger partial charge on any atom is -0.381 e. The molecule has 0 aliphatic carbocycles. The normalized spacial score (nSPS) is 16.2. The van der Waals surface area contributed by atoms with Crippen LogP contribution in [0.5, 0.6) is 0 Å². The monoisotopic (exact) mass is 212 g/mol. The molecule has 0 spiro atoms. The first-order valence-electron chi connectivity index (χ1n) is 5.97. The molecule has 1 aliphatic rings. The van der Waals surface area contributed by atoms with Crippen LogP contribution in [-0.4, -0.2) is 13.2 Å². The lowest BCUT2D eigenvalue weighted by Crippen LogP contribution is -2.27. The predicted molar refractivity (Wildman–Crippen MR) is 66.6 cm³/mol. The van der Waals surface area contributed by atoms with Gasteiger partial charge in [0, 0.05) is 5.92 Å². The maximum absolute atomic E-state index is 5.19. The summed E-state index contributed by atoms with van der Waals surface area (Å²) >= 11 is 0. The summed E-state index contributed by atoms with van der Waals surface area (Å²) in [5.41, 5.74) is 1.45. The SMILES string of the molecule is c1ccc2cc(CCC3COC3)ccc2c1. The molecule has 2 aromatic carbocycles. The zero-order chi connectivity index (χ0) is 10.8. The molecule has 3 rings (SSSR count). The lowest BCUT2D eigenvalue weighted by atomic mass is 9.97. The minimum absolute atomic E-state index is 0.798. The predicted octanol–water partition coefficient (Wildman–Crippen LogP) is 3.42. The molecule has 1 saturated heterocycles. The van der Waals surface area contributed by atoms with Crippen molar-refractivity contribution < 1.29 is 4.74 Å². The summed E-state index contributed by atoms with van der Waals surface area (Å²) in [7, 11) is 0. The summed E-state index contributed by atoms with van der Waals surface area (Å²) in [5.74, 6) is 0.798. The van der Waals surface area contributed by atoms with Gasteiger partial charge in [-0.25, -0.2) is 0 Å². The second-order valence-electron chi connectivity index (χ2n) is 4.62. The van der Waals surface area contributed by atoms with Crippen molar-refractivity contribution in [3.05, 3.63) is 48.0 Å². The van der Waals surface area contributed by atoms with Crippen molar-refractivity contribution in [2.75, 3.05) is 13.2 Å². The molecule has 0 unspecified atom stereocenters. The minimum atomic E-state index is 0.798. The molecule has 82 valence electrons. The molecule has 0 N–H and O–H groups in total. The van der Waals surface area contributed by atoms with Gasteiger partial charge in [0.05, 0.1) is 13.2 Å². The van der Waals surface area contributed by atoms with Crippen molar-refractivity contribution >= 4 is 10.8 Å². The van der Waals surface area contributed by atoms with E-state index in [2.05, 4.69) is 42.5 Å². The summed E-state index contributed by atoms with van der Waals surface area (Å²) in [5, 5.41) is 2.68. The van der Waals surface area contributed by atoms with Crippen LogP contribution in [0.15, 0.2) is 42.5 Å². The second kappa shape index (κ2) is 4.26. The molecule has 0 amide bonds. The van der Waals surface area contributed by atoms with E-state index in [0.29, 0.717) is 0 Å². The third kappa shape index (κ3) is 1.96. The molecule has 2 aromatic rings. The van der Waals surface area contributed by atoms with Crippen molar-refractivity contribution in [2.24, 2.45) is 5.92 Å². The van der Waals surface area contributed by atoms with Crippen LogP contribution in [0, 0.1) is 5.92 Å². The number of hydrogen-bond donors (Lipinski definition) is 0. The Morgan fingerprint density at radius 1 is 1.00 bits per heavy atom. The number of hydrogen-bond acceptors (Lipinski definition) is 1. The van der Waals surface area contributed by atoms with E-state index in [0.717, 1.165) is 19.1 Å². The average Bonchev–Trinajstić information content (AvgIpc) is 2.27. The average molecular weight is 212 g/mol. The van der Waals surface area contributed by atoms with Crippen molar-refractivity contribution in [3.63, 3.8) is 0 Å². The Morgan fingerprint density at radius 2 is 1.81 bits per heavy atom. The molecular formula is C15H16O. The highest BCUT2D eigenvalue weighted by molar-refractivity contribution is 5.82. The number of ether oxygens (including phenoxy) is 1. The summed E-state index contributed by atoms with van der Waals surface area (Å²) in [6.07, 6.45) is 2.44. The Balaban J connectivity index is 1.76. The molecule has 0 atom stereocenters. The topological polar surface area (TPSA) is 9.23 Å². The molecule has 1 heterocycles. The fourth-order valence-corrected chi connectivity index (χ4v) is 2.22. The van der Waals surface area contributed by atoms with Crippen LogP contribution in [-0.2, 0) is 11.2 Å². The van der Waals surface area contributed by atoms with Crippen LogP contribution in [0.3, 0.4) is 0 Å². The molecule has 1 aliphatic heterocycles. The Kier molecular flexibility index (Phi) is 2.63. The maximum Gasteiger partial charge on any atom is 0.0516 e. The second-order valence-corrected chi connectivity index (χ2v) is 4.62. The maximum atomic E-state index is 5.19. The molecular weight excluding hydrogens is 196 g/mol. The summed E-state index contributed by atoms with van der Waals surface area (Å²) < 4.78 is 5.19.